The molecule has 3 aromatic rings. The molecular formula is C15H10Br3ClN2. The molecule has 108 valence electrons. The molecule has 2 nitrogen and oxygen atoms in total. The van der Waals surface area contributed by atoms with Crippen LogP contribution in [0.15, 0.2) is 49.8 Å². The molecule has 0 N–H and O–H groups in total. The van der Waals surface area contributed by atoms with Gasteiger partial charge in [-0.1, -0.05) is 31.9 Å². The van der Waals surface area contributed by atoms with Crippen LogP contribution in [0.3, 0.4) is 0 Å². The first-order valence-electron chi connectivity index (χ1n) is 6.25. The second-order valence-corrected chi connectivity index (χ2v) is 7.99. The maximum Gasteiger partial charge on any atom is 0.132 e. The van der Waals surface area contributed by atoms with Gasteiger partial charge in [0.25, 0.3) is 0 Å². The zero-order chi connectivity index (χ0) is 15.1. The largest absolute Gasteiger partial charge is 0.294 e. The third kappa shape index (κ3) is 2.93. The second kappa shape index (κ2) is 6.03. The van der Waals surface area contributed by atoms with Gasteiger partial charge in [-0.25, -0.2) is 4.98 Å². The Kier molecular flexibility index (Phi) is 4.46. The highest BCUT2D eigenvalue weighted by atomic mass is 79.9. The Labute approximate surface area is 152 Å². The van der Waals surface area contributed by atoms with Crippen LogP contribution in [0.5, 0.6) is 0 Å². The monoisotopic (exact) mass is 490 g/mol. The van der Waals surface area contributed by atoms with E-state index in [4.69, 9.17) is 11.6 Å². The van der Waals surface area contributed by atoms with Crippen LogP contribution < -0.4 is 0 Å². The lowest BCUT2D eigenvalue weighted by Gasteiger charge is -2.13. The average molecular weight is 493 g/mol. The van der Waals surface area contributed by atoms with Crippen molar-refractivity contribution in [1.82, 2.24) is 9.55 Å². The van der Waals surface area contributed by atoms with Crippen LogP contribution in [-0.4, -0.2) is 9.55 Å². The fraction of sp³-hybridized carbons (Fsp3) is 0.133. The molecule has 0 bridgehead atoms. The third-order valence-corrected chi connectivity index (χ3v) is 5.00. The lowest BCUT2D eigenvalue weighted by molar-refractivity contribution is 0.880. The van der Waals surface area contributed by atoms with E-state index in [1.807, 2.05) is 37.3 Å². The van der Waals surface area contributed by atoms with E-state index in [-0.39, 0.29) is 5.38 Å². The highest BCUT2D eigenvalue weighted by Crippen LogP contribution is 2.33. The molecule has 0 saturated heterocycles. The van der Waals surface area contributed by atoms with E-state index in [9.17, 15) is 0 Å². The lowest BCUT2D eigenvalue weighted by Crippen LogP contribution is -2.02. The van der Waals surface area contributed by atoms with Gasteiger partial charge in [-0.05, 0) is 59.3 Å². The second-order valence-electron chi connectivity index (χ2n) is 4.65. The summed E-state index contributed by atoms with van der Waals surface area (Å²) in [6.07, 6.45) is 0. The summed E-state index contributed by atoms with van der Waals surface area (Å²) >= 11 is 17.0. The molecule has 0 spiro atoms. The summed E-state index contributed by atoms with van der Waals surface area (Å²) in [5, 5.41) is -0.193. The third-order valence-electron chi connectivity index (χ3n) is 3.15. The number of hydrogen-bond donors (Lipinski definition) is 0. The van der Waals surface area contributed by atoms with Crippen LogP contribution in [-0.2, 0) is 0 Å². The summed E-state index contributed by atoms with van der Waals surface area (Å²) in [6, 6.07) is 12.1. The standard InChI is InChI=1S/C15H10Br3ClN2/c1-8(19)15-20-12-6-9(16)3-5-13(12)21(15)14-7-10(17)2-4-11(14)18/h2-8H,1H3. The highest BCUT2D eigenvalue weighted by Gasteiger charge is 2.18. The number of benzene rings is 2. The Bertz CT molecular complexity index is 827. The van der Waals surface area contributed by atoms with Gasteiger partial charge < -0.3 is 0 Å². The molecule has 1 aromatic heterocycles. The highest BCUT2D eigenvalue weighted by molar-refractivity contribution is 9.11. The molecule has 0 aliphatic carbocycles. The molecule has 1 unspecified atom stereocenters. The van der Waals surface area contributed by atoms with Crippen LogP contribution in [0.4, 0.5) is 0 Å². The summed E-state index contributed by atoms with van der Waals surface area (Å²) in [7, 11) is 0. The predicted octanol–water partition coefficient (Wildman–Crippen LogP) is 6.61. The van der Waals surface area contributed by atoms with Crippen LogP contribution in [0.2, 0.25) is 0 Å². The van der Waals surface area contributed by atoms with E-state index in [1.54, 1.807) is 0 Å². The molecule has 0 fully saturated rings. The molecule has 0 amide bonds. The Morgan fingerprint density at radius 3 is 2.43 bits per heavy atom. The van der Waals surface area contributed by atoms with Crippen molar-refractivity contribution in [3.05, 3.63) is 55.6 Å². The smallest absolute Gasteiger partial charge is 0.132 e. The Morgan fingerprint density at radius 1 is 1.05 bits per heavy atom. The molecule has 2 aromatic carbocycles. The minimum Gasteiger partial charge on any atom is -0.294 e. The summed E-state index contributed by atoms with van der Waals surface area (Å²) in [4.78, 5) is 4.69. The van der Waals surface area contributed by atoms with Gasteiger partial charge in [0.05, 0.1) is 22.1 Å². The SMILES string of the molecule is CC(Cl)c1nc2cc(Br)ccc2n1-c1cc(Br)ccc1Br. The van der Waals surface area contributed by atoms with Gasteiger partial charge >= 0.3 is 0 Å². The average Bonchev–Trinajstić information content (AvgIpc) is 2.80. The minimum absolute atomic E-state index is 0.193. The quantitative estimate of drug-likeness (QED) is 0.367. The van der Waals surface area contributed by atoms with E-state index in [1.165, 1.54) is 0 Å². The number of alkyl halides is 1. The first-order chi connectivity index (χ1) is 9.97. The Balaban J connectivity index is 2.39. The fourth-order valence-corrected chi connectivity index (χ4v) is 3.52. The van der Waals surface area contributed by atoms with Crippen molar-refractivity contribution >= 4 is 70.4 Å². The number of nitrogens with zero attached hydrogens (tertiary/aromatic N) is 2. The van der Waals surface area contributed by atoms with Crippen LogP contribution in [0.25, 0.3) is 16.7 Å². The van der Waals surface area contributed by atoms with Crippen molar-refractivity contribution in [3.8, 4) is 5.69 Å². The van der Waals surface area contributed by atoms with E-state index in [0.717, 1.165) is 36.0 Å². The van der Waals surface area contributed by atoms with Crippen molar-refractivity contribution in [2.75, 3.05) is 0 Å². The number of aromatic nitrogens is 2. The number of halogens is 4. The summed E-state index contributed by atoms with van der Waals surface area (Å²) < 4.78 is 5.09. The van der Waals surface area contributed by atoms with Gasteiger partial charge in [-0.3, -0.25) is 4.57 Å². The van der Waals surface area contributed by atoms with Crippen molar-refractivity contribution < 1.29 is 0 Å². The molecule has 0 saturated carbocycles. The van der Waals surface area contributed by atoms with E-state index in [2.05, 4.69) is 63.4 Å². The molecule has 1 heterocycles. The topological polar surface area (TPSA) is 17.8 Å². The van der Waals surface area contributed by atoms with Gasteiger partial charge in [0.15, 0.2) is 0 Å². The zero-order valence-corrected chi connectivity index (χ0v) is 16.5. The number of rotatable bonds is 2. The maximum absolute atomic E-state index is 6.34. The normalized spacial score (nSPS) is 12.8. The molecular weight excluding hydrogens is 483 g/mol. The predicted molar refractivity (Wildman–Crippen MR) is 98.4 cm³/mol. The lowest BCUT2D eigenvalue weighted by atomic mass is 10.2. The van der Waals surface area contributed by atoms with Gasteiger partial charge in [-0.2, -0.15) is 0 Å². The zero-order valence-electron chi connectivity index (χ0n) is 10.9. The molecule has 0 radical (unpaired) electrons. The molecule has 0 aliphatic heterocycles. The molecule has 1 atom stereocenters. The number of imidazole rings is 1. The van der Waals surface area contributed by atoms with Crippen molar-refractivity contribution in [2.24, 2.45) is 0 Å². The Morgan fingerprint density at radius 2 is 1.71 bits per heavy atom. The molecule has 3 rings (SSSR count). The van der Waals surface area contributed by atoms with Crippen LogP contribution in [0.1, 0.15) is 18.1 Å². The first-order valence-corrected chi connectivity index (χ1v) is 9.06. The van der Waals surface area contributed by atoms with Gasteiger partial charge in [0, 0.05) is 13.4 Å². The molecule has 6 heteroatoms. The van der Waals surface area contributed by atoms with Crippen molar-refractivity contribution in [3.63, 3.8) is 0 Å². The van der Waals surface area contributed by atoms with Crippen LogP contribution in [0, 0.1) is 0 Å². The fourth-order valence-electron chi connectivity index (χ4n) is 2.25. The van der Waals surface area contributed by atoms with Gasteiger partial charge in [0.2, 0.25) is 0 Å². The number of fused-ring (bicyclic) bond motifs is 1. The van der Waals surface area contributed by atoms with Crippen molar-refractivity contribution in [1.29, 1.82) is 0 Å². The first kappa shape index (κ1) is 15.5. The maximum atomic E-state index is 6.34. The molecule has 21 heavy (non-hydrogen) atoms. The summed E-state index contributed by atoms with van der Waals surface area (Å²) in [5.41, 5.74) is 2.95. The summed E-state index contributed by atoms with van der Waals surface area (Å²) in [6.45, 7) is 1.93. The summed E-state index contributed by atoms with van der Waals surface area (Å²) in [5.74, 6) is 0.823. The Hall–Kier alpha value is -0.360. The van der Waals surface area contributed by atoms with E-state index >= 15 is 0 Å². The number of hydrogen-bond acceptors (Lipinski definition) is 1. The van der Waals surface area contributed by atoms with Gasteiger partial charge in [0.1, 0.15) is 5.82 Å². The minimum atomic E-state index is -0.193. The van der Waals surface area contributed by atoms with E-state index < -0.39 is 0 Å². The van der Waals surface area contributed by atoms with Gasteiger partial charge in [-0.15, -0.1) is 11.6 Å². The van der Waals surface area contributed by atoms with Crippen molar-refractivity contribution in [2.45, 2.75) is 12.3 Å². The van der Waals surface area contributed by atoms with Crippen LogP contribution >= 0.6 is 59.4 Å². The molecule has 0 aliphatic rings. The van der Waals surface area contributed by atoms with E-state index in [0.29, 0.717) is 0 Å².